The van der Waals surface area contributed by atoms with Gasteiger partial charge in [-0.2, -0.15) is 4.31 Å². The van der Waals surface area contributed by atoms with Crippen LogP contribution in [0.15, 0.2) is 23.1 Å². The number of hydrogen-bond acceptors (Lipinski definition) is 6. The van der Waals surface area contributed by atoms with Crippen molar-refractivity contribution < 1.29 is 27.5 Å². The van der Waals surface area contributed by atoms with E-state index in [1.165, 1.54) is 36.5 Å². The molecule has 0 radical (unpaired) electrons. The SMILES string of the molecule is CCN(CC)S(=O)(=O)c1cc(C(=O)OC(C)C(=O)N(C(C)C)C(C)C)ccc1OC. The summed E-state index contributed by atoms with van der Waals surface area (Å²) in [6.45, 7) is 13.1. The topological polar surface area (TPSA) is 93.2 Å². The van der Waals surface area contributed by atoms with Gasteiger partial charge < -0.3 is 14.4 Å². The minimum absolute atomic E-state index is 0.0295. The molecular weight excluding hydrogens is 408 g/mol. The van der Waals surface area contributed by atoms with Crippen LogP contribution in [0.1, 0.15) is 58.8 Å². The van der Waals surface area contributed by atoms with Crippen LogP contribution >= 0.6 is 0 Å². The summed E-state index contributed by atoms with van der Waals surface area (Å²) in [7, 11) is -2.49. The van der Waals surface area contributed by atoms with Crippen LogP contribution in [0.5, 0.6) is 5.75 Å². The van der Waals surface area contributed by atoms with Gasteiger partial charge in [0, 0.05) is 25.2 Å². The van der Waals surface area contributed by atoms with Gasteiger partial charge >= 0.3 is 5.97 Å². The van der Waals surface area contributed by atoms with E-state index in [2.05, 4.69) is 0 Å². The minimum atomic E-state index is -3.86. The van der Waals surface area contributed by atoms with Crippen LogP contribution in [-0.2, 0) is 19.6 Å². The summed E-state index contributed by atoms with van der Waals surface area (Å²) in [4.78, 5) is 26.9. The standard InChI is InChI=1S/C21H34N2O6S/c1-9-22(10-2)30(26,27)19-13-17(11-12-18(19)28-8)21(25)29-16(7)20(24)23(14(3)4)15(5)6/h11-16H,9-10H2,1-8H3. The summed E-state index contributed by atoms with van der Waals surface area (Å²) in [5.41, 5.74) is 0.0295. The molecule has 1 rings (SSSR count). The van der Waals surface area contributed by atoms with Crippen LogP contribution in [-0.4, -0.2) is 67.9 Å². The Labute approximate surface area is 180 Å². The molecule has 30 heavy (non-hydrogen) atoms. The lowest BCUT2D eigenvalue weighted by Crippen LogP contribution is -2.47. The molecule has 0 saturated heterocycles. The zero-order valence-corrected chi connectivity index (χ0v) is 19.9. The van der Waals surface area contributed by atoms with E-state index in [-0.39, 0.29) is 47.3 Å². The van der Waals surface area contributed by atoms with Gasteiger partial charge in [-0.15, -0.1) is 0 Å². The quantitative estimate of drug-likeness (QED) is 0.517. The molecule has 0 aromatic heterocycles. The van der Waals surface area contributed by atoms with Crippen LogP contribution in [0.3, 0.4) is 0 Å². The van der Waals surface area contributed by atoms with Crippen molar-refractivity contribution in [2.45, 2.75) is 71.5 Å². The number of methoxy groups -OCH3 is 1. The van der Waals surface area contributed by atoms with Gasteiger partial charge in [-0.25, -0.2) is 13.2 Å². The fourth-order valence-corrected chi connectivity index (χ4v) is 4.94. The molecule has 170 valence electrons. The number of esters is 1. The van der Waals surface area contributed by atoms with Crippen molar-refractivity contribution in [1.82, 2.24) is 9.21 Å². The molecule has 1 unspecified atom stereocenters. The number of carbonyl (C=O) groups excluding carboxylic acids is 2. The first kappa shape index (κ1) is 25.9. The Morgan fingerprint density at radius 3 is 1.97 bits per heavy atom. The van der Waals surface area contributed by atoms with Crippen molar-refractivity contribution in [3.05, 3.63) is 23.8 Å². The van der Waals surface area contributed by atoms with Crippen LogP contribution in [0.2, 0.25) is 0 Å². The Bertz CT molecular complexity index is 839. The number of nitrogens with zero attached hydrogens (tertiary/aromatic N) is 2. The smallest absolute Gasteiger partial charge is 0.338 e. The summed E-state index contributed by atoms with van der Waals surface area (Å²) in [6, 6.07) is 3.96. The first-order chi connectivity index (χ1) is 13.9. The molecule has 9 heteroatoms. The van der Waals surface area contributed by atoms with E-state index in [9.17, 15) is 18.0 Å². The second-order valence-electron chi connectivity index (χ2n) is 7.44. The number of amides is 1. The lowest BCUT2D eigenvalue weighted by atomic mass is 10.2. The number of sulfonamides is 1. The number of ether oxygens (including phenoxy) is 2. The molecular formula is C21H34N2O6S. The molecule has 0 aliphatic carbocycles. The van der Waals surface area contributed by atoms with Crippen LogP contribution in [0, 0.1) is 0 Å². The second kappa shape index (κ2) is 10.8. The van der Waals surface area contributed by atoms with Crippen LogP contribution in [0.4, 0.5) is 0 Å². The normalized spacial score (nSPS) is 12.9. The molecule has 0 bridgehead atoms. The molecule has 1 atom stereocenters. The molecule has 1 aromatic carbocycles. The van der Waals surface area contributed by atoms with E-state index in [4.69, 9.17) is 9.47 Å². The molecule has 0 fully saturated rings. The Morgan fingerprint density at radius 2 is 1.53 bits per heavy atom. The maximum atomic E-state index is 13.0. The zero-order chi connectivity index (χ0) is 23.2. The number of rotatable bonds is 10. The van der Waals surface area contributed by atoms with E-state index in [1.54, 1.807) is 18.7 Å². The lowest BCUT2D eigenvalue weighted by molar-refractivity contribution is -0.143. The van der Waals surface area contributed by atoms with Gasteiger partial charge in [0.05, 0.1) is 12.7 Å². The van der Waals surface area contributed by atoms with Gasteiger partial charge in [0.25, 0.3) is 5.91 Å². The Morgan fingerprint density at radius 1 is 1.00 bits per heavy atom. The Kier molecular flexibility index (Phi) is 9.30. The Hall–Kier alpha value is -2.13. The van der Waals surface area contributed by atoms with Crippen LogP contribution in [0.25, 0.3) is 0 Å². The molecule has 8 nitrogen and oxygen atoms in total. The molecule has 0 aliphatic heterocycles. The van der Waals surface area contributed by atoms with Crippen molar-refractivity contribution in [2.75, 3.05) is 20.2 Å². The van der Waals surface area contributed by atoms with Crippen molar-refractivity contribution in [2.24, 2.45) is 0 Å². The number of hydrogen-bond donors (Lipinski definition) is 0. The van der Waals surface area contributed by atoms with Gasteiger partial charge in [-0.1, -0.05) is 13.8 Å². The summed E-state index contributed by atoms with van der Waals surface area (Å²) in [5.74, 6) is -0.951. The average Bonchev–Trinajstić information content (AvgIpc) is 2.67. The van der Waals surface area contributed by atoms with Gasteiger partial charge in [0.2, 0.25) is 10.0 Å². The van der Waals surface area contributed by atoms with Crippen molar-refractivity contribution >= 4 is 21.9 Å². The van der Waals surface area contributed by atoms with E-state index >= 15 is 0 Å². The van der Waals surface area contributed by atoms with E-state index in [0.29, 0.717) is 0 Å². The van der Waals surface area contributed by atoms with Gasteiger partial charge in [-0.05, 0) is 52.8 Å². The predicted octanol–water partition coefficient (Wildman–Crippen LogP) is 2.92. The fraction of sp³-hybridized carbons (Fsp3) is 0.619. The van der Waals surface area contributed by atoms with E-state index in [0.717, 1.165) is 0 Å². The summed E-state index contributed by atoms with van der Waals surface area (Å²) >= 11 is 0. The Balaban J connectivity index is 3.22. The average molecular weight is 443 g/mol. The molecule has 0 saturated carbocycles. The largest absolute Gasteiger partial charge is 0.495 e. The minimum Gasteiger partial charge on any atom is -0.495 e. The highest BCUT2D eigenvalue weighted by molar-refractivity contribution is 7.89. The van der Waals surface area contributed by atoms with Crippen molar-refractivity contribution in [3.8, 4) is 5.75 Å². The van der Waals surface area contributed by atoms with E-state index < -0.39 is 22.1 Å². The molecule has 0 spiro atoms. The molecule has 0 aliphatic rings. The lowest BCUT2D eigenvalue weighted by Gasteiger charge is -2.32. The monoisotopic (exact) mass is 442 g/mol. The second-order valence-corrected chi connectivity index (χ2v) is 9.34. The third-order valence-electron chi connectivity index (χ3n) is 4.72. The maximum Gasteiger partial charge on any atom is 0.338 e. The third kappa shape index (κ3) is 5.72. The highest BCUT2D eigenvalue weighted by atomic mass is 32.2. The number of benzene rings is 1. The molecule has 0 N–H and O–H groups in total. The summed E-state index contributed by atoms with van der Waals surface area (Å²) in [5, 5.41) is 0. The van der Waals surface area contributed by atoms with E-state index in [1.807, 2.05) is 27.7 Å². The molecule has 0 heterocycles. The summed E-state index contributed by atoms with van der Waals surface area (Å²) < 4.78 is 37.7. The molecule has 1 aromatic rings. The highest BCUT2D eigenvalue weighted by Crippen LogP contribution is 2.28. The fourth-order valence-electron chi connectivity index (χ4n) is 3.30. The highest BCUT2D eigenvalue weighted by Gasteiger charge is 2.30. The first-order valence-corrected chi connectivity index (χ1v) is 11.6. The molecule has 1 amide bonds. The van der Waals surface area contributed by atoms with Gasteiger partial charge in [-0.3, -0.25) is 4.79 Å². The first-order valence-electron chi connectivity index (χ1n) is 10.1. The van der Waals surface area contributed by atoms with Crippen molar-refractivity contribution in [1.29, 1.82) is 0 Å². The predicted molar refractivity (Wildman–Crippen MR) is 115 cm³/mol. The zero-order valence-electron chi connectivity index (χ0n) is 19.1. The maximum absolute atomic E-state index is 13.0. The third-order valence-corrected chi connectivity index (χ3v) is 6.79. The van der Waals surface area contributed by atoms with Gasteiger partial charge in [0.15, 0.2) is 6.10 Å². The van der Waals surface area contributed by atoms with Gasteiger partial charge in [0.1, 0.15) is 10.6 Å². The summed E-state index contributed by atoms with van der Waals surface area (Å²) in [6.07, 6.45) is -1.01. The van der Waals surface area contributed by atoms with Crippen LogP contribution < -0.4 is 4.74 Å². The van der Waals surface area contributed by atoms with Crippen molar-refractivity contribution in [3.63, 3.8) is 0 Å². The number of carbonyl (C=O) groups is 2.